The highest BCUT2D eigenvalue weighted by molar-refractivity contribution is 7.20. The lowest BCUT2D eigenvalue weighted by Crippen LogP contribution is -2.45. The van der Waals surface area contributed by atoms with E-state index in [4.69, 9.17) is 14.2 Å². The molecule has 198 valence electrons. The van der Waals surface area contributed by atoms with Crippen LogP contribution in [-0.4, -0.2) is 67.5 Å². The number of fused-ring (bicyclic) bond motifs is 1. The van der Waals surface area contributed by atoms with Crippen molar-refractivity contribution < 1.29 is 23.4 Å². The van der Waals surface area contributed by atoms with Gasteiger partial charge in [-0.1, -0.05) is 0 Å². The molecule has 0 radical (unpaired) electrons. The molecule has 1 unspecified atom stereocenters. The van der Waals surface area contributed by atoms with Crippen molar-refractivity contribution in [2.24, 2.45) is 0 Å². The maximum atomic E-state index is 14.2. The van der Waals surface area contributed by atoms with Crippen molar-refractivity contribution in [2.75, 3.05) is 38.7 Å². The number of benzene rings is 1. The molecule has 5 rings (SSSR count). The Kier molecular flexibility index (Phi) is 8.14. The largest absolute Gasteiger partial charge is 0.488 e. The van der Waals surface area contributed by atoms with Crippen LogP contribution >= 0.6 is 11.3 Å². The number of thiophene rings is 1. The fraction of sp³-hybridized carbons (Fsp3) is 0.500. The number of hydrogen-bond acceptors (Lipinski definition) is 9. The van der Waals surface area contributed by atoms with Crippen LogP contribution in [0.5, 0.6) is 5.75 Å². The van der Waals surface area contributed by atoms with Crippen LogP contribution in [0.25, 0.3) is 10.2 Å². The molecule has 1 amide bonds. The summed E-state index contributed by atoms with van der Waals surface area (Å²) in [5.41, 5.74) is 1.39. The Balaban J connectivity index is 1.35. The monoisotopic (exact) mass is 529 g/mol. The number of morpholine rings is 1. The van der Waals surface area contributed by atoms with Gasteiger partial charge in [-0.2, -0.15) is 0 Å². The Labute approximate surface area is 219 Å². The first-order chi connectivity index (χ1) is 18.0. The van der Waals surface area contributed by atoms with Crippen LogP contribution in [0.2, 0.25) is 0 Å². The molecule has 9 nitrogen and oxygen atoms in total. The summed E-state index contributed by atoms with van der Waals surface area (Å²) in [6.45, 7) is 4.48. The molecular formula is C26H32FN5O4S. The fourth-order valence-electron chi connectivity index (χ4n) is 4.81. The van der Waals surface area contributed by atoms with E-state index in [0.717, 1.165) is 43.2 Å². The second-order valence-electron chi connectivity index (χ2n) is 9.38. The highest BCUT2D eigenvalue weighted by atomic mass is 32.1. The van der Waals surface area contributed by atoms with Crippen molar-refractivity contribution in [3.63, 3.8) is 0 Å². The third kappa shape index (κ3) is 6.01. The molecule has 2 aliphatic rings. The van der Waals surface area contributed by atoms with Crippen molar-refractivity contribution >= 4 is 39.0 Å². The van der Waals surface area contributed by atoms with Gasteiger partial charge >= 0.3 is 0 Å². The SMILES string of the molecule is COC1CCC(Oc2cc(F)ccc2Nc2ncnc3sc(C(=O)NCC4CNCCO4)c(C)c23)CC1. The number of ether oxygens (including phenoxy) is 3. The summed E-state index contributed by atoms with van der Waals surface area (Å²) >= 11 is 1.32. The van der Waals surface area contributed by atoms with Crippen molar-refractivity contribution in [3.05, 3.63) is 40.8 Å². The second kappa shape index (κ2) is 11.7. The van der Waals surface area contributed by atoms with Gasteiger partial charge in [-0.15, -0.1) is 11.3 Å². The third-order valence-corrected chi connectivity index (χ3v) is 8.07. The molecule has 3 aromatic rings. The first-order valence-corrected chi connectivity index (χ1v) is 13.4. The molecule has 1 saturated carbocycles. The van der Waals surface area contributed by atoms with Crippen molar-refractivity contribution in [1.82, 2.24) is 20.6 Å². The van der Waals surface area contributed by atoms with Gasteiger partial charge in [0.05, 0.1) is 40.9 Å². The van der Waals surface area contributed by atoms with Crippen LogP contribution in [0.15, 0.2) is 24.5 Å². The number of aryl methyl sites for hydroxylation is 1. The van der Waals surface area contributed by atoms with Crippen molar-refractivity contribution in [3.8, 4) is 5.75 Å². The molecule has 1 aliphatic carbocycles. The number of nitrogens with one attached hydrogen (secondary N) is 3. The zero-order valence-corrected chi connectivity index (χ0v) is 21.8. The minimum atomic E-state index is -0.373. The lowest BCUT2D eigenvalue weighted by molar-refractivity contribution is 0.0287. The zero-order valence-electron chi connectivity index (χ0n) is 21.0. The van der Waals surface area contributed by atoms with E-state index in [0.29, 0.717) is 46.7 Å². The van der Waals surface area contributed by atoms with Gasteiger partial charge in [-0.05, 0) is 50.3 Å². The number of halogens is 1. The van der Waals surface area contributed by atoms with Crippen LogP contribution in [-0.2, 0) is 9.47 Å². The molecule has 3 heterocycles. The Morgan fingerprint density at radius 3 is 2.81 bits per heavy atom. The van der Waals surface area contributed by atoms with Crippen LogP contribution in [0, 0.1) is 12.7 Å². The van der Waals surface area contributed by atoms with E-state index in [9.17, 15) is 9.18 Å². The maximum absolute atomic E-state index is 14.2. The van der Waals surface area contributed by atoms with E-state index >= 15 is 0 Å². The van der Waals surface area contributed by atoms with Gasteiger partial charge in [-0.25, -0.2) is 14.4 Å². The standard InChI is InChI=1S/C26H32FN5O4S/c1-15-22-24(30-14-31-26(22)37-23(15)25(33)29-13-19-12-28-9-10-35-19)32-20-8-3-16(27)11-21(20)36-18-6-4-17(34-2)5-7-18/h3,8,11,14,17-19,28H,4-7,9-10,12-13H2,1-2H3,(H,29,33)(H,30,31,32). The maximum Gasteiger partial charge on any atom is 0.261 e. The summed E-state index contributed by atoms with van der Waals surface area (Å²) in [7, 11) is 1.73. The molecule has 2 aromatic heterocycles. The van der Waals surface area contributed by atoms with Crippen molar-refractivity contribution in [1.29, 1.82) is 0 Å². The quantitative estimate of drug-likeness (QED) is 0.403. The smallest absolute Gasteiger partial charge is 0.261 e. The summed E-state index contributed by atoms with van der Waals surface area (Å²) in [5, 5.41) is 10.3. The lowest BCUT2D eigenvalue weighted by Gasteiger charge is -2.28. The average molecular weight is 530 g/mol. The topological polar surface area (TPSA) is 107 Å². The Hall–Kier alpha value is -2.86. The molecule has 0 bridgehead atoms. The number of rotatable bonds is 8. The fourth-order valence-corrected chi connectivity index (χ4v) is 5.88. The number of amides is 1. The molecule has 11 heteroatoms. The zero-order chi connectivity index (χ0) is 25.8. The molecule has 3 N–H and O–H groups in total. The Bertz CT molecular complexity index is 1240. The molecule has 1 atom stereocenters. The summed E-state index contributed by atoms with van der Waals surface area (Å²) in [6, 6.07) is 4.43. The van der Waals surface area contributed by atoms with Gasteiger partial charge < -0.3 is 30.2 Å². The highest BCUT2D eigenvalue weighted by Gasteiger charge is 2.24. The van der Waals surface area contributed by atoms with Gasteiger partial charge in [-0.3, -0.25) is 4.79 Å². The van der Waals surface area contributed by atoms with Gasteiger partial charge in [0, 0.05) is 32.8 Å². The number of nitrogens with zero attached hydrogens (tertiary/aromatic N) is 2. The molecule has 0 spiro atoms. The molecule has 1 aliphatic heterocycles. The van der Waals surface area contributed by atoms with E-state index < -0.39 is 0 Å². The van der Waals surface area contributed by atoms with Crippen LogP contribution in [0.1, 0.15) is 40.9 Å². The van der Waals surface area contributed by atoms with E-state index in [2.05, 4.69) is 25.9 Å². The van der Waals surface area contributed by atoms with Gasteiger partial charge in [0.1, 0.15) is 28.5 Å². The number of carbonyl (C=O) groups is 1. The molecule has 2 fully saturated rings. The Morgan fingerprint density at radius 2 is 2.05 bits per heavy atom. The summed E-state index contributed by atoms with van der Waals surface area (Å²) in [4.78, 5) is 23.1. The number of hydrogen-bond donors (Lipinski definition) is 3. The first-order valence-electron chi connectivity index (χ1n) is 12.6. The third-order valence-electron chi connectivity index (χ3n) is 6.87. The van der Waals surface area contributed by atoms with Crippen molar-refractivity contribution in [2.45, 2.75) is 50.9 Å². The van der Waals surface area contributed by atoms with Crippen LogP contribution in [0.3, 0.4) is 0 Å². The molecule has 1 saturated heterocycles. The van der Waals surface area contributed by atoms with Crippen LogP contribution < -0.4 is 20.7 Å². The molecule has 1 aromatic carbocycles. The molecule has 37 heavy (non-hydrogen) atoms. The highest BCUT2D eigenvalue weighted by Crippen LogP contribution is 2.37. The summed E-state index contributed by atoms with van der Waals surface area (Å²) < 4.78 is 31.5. The van der Waals surface area contributed by atoms with Gasteiger partial charge in [0.25, 0.3) is 5.91 Å². The second-order valence-corrected chi connectivity index (χ2v) is 10.4. The first kappa shape index (κ1) is 25.8. The average Bonchev–Trinajstić information content (AvgIpc) is 3.27. The summed E-state index contributed by atoms with van der Waals surface area (Å²) in [6.07, 6.45) is 5.15. The van der Waals surface area contributed by atoms with Gasteiger partial charge in [0.15, 0.2) is 0 Å². The normalized spacial score (nSPS) is 22.1. The van der Waals surface area contributed by atoms with E-state index in [1.54, 1.807) is 13.2 Å². The lowest BCUT2D eigenvalue weighted by atomic mass is 9.95. The molecular weight excluding hydrogens is 497 g/mol. The van der Waals surface area contributed by atoms with E-state index in [1.807, 2.05) is 6.92 Å². The van der Waals surface area contributed by atoms with Gasteiger partial charge in [0.2, 0.25) is 0 Å². The van der Waals surface area contributed by atoms with Crippen LogP contribution in [0.4, 0.5) is 15.9 Å². The predicted molar refractivity (Wildman–Crippen MR) is 140 cm³/mol. The number of methoxy groups -OCH3 is 1. The number of anilines is 2. The minimum absolute atomic E-state index is 0.0132. The van der Waals surface area contributed by atoms with E-state index in [-0.39, 0.29) is 30.0 Å². The summed E-state index contributed by atoms with van der Waals surface area (Å²) in [5.74, 6) is 0.427. The Morgan fingerprint density at radius 1 is 1.24 bits per heavy atom. The minimum Gasteiger partial charge on any atom is -0.488 e. The predicted octanol–water partition coefficient (Wildman–Crippen LogP) is 3.94. The number of carbonyl (C=O) groups excluding carboxylic acids is 1. The van der Waals surface area contributed by atoms with E-state index in [1.165, 1.54) is 29.8 Å². The number of aromatic nitrogens is 2.